The summed E-state index contributed by atoms with van der Waals surface area (Å²) < 4.78 is 1.72. The van der Waals surface area contributed by atoms with E-state index < -0.39 is 5.97 Å². The summed E-state index contributed by atoms with van der Waals surface area (Å²) in [6.07, 6.45) is 4.63. The molecule has 0 aliphatic carbocycles. The quantitative estimate of drug-likeness (QED) is 0.753. The van der Waals surface area contributed by atoms with Crippen LogP contribution in [0.25, 0.3) is 0 Å². The summed E-state index contributed by atoms with van der Waals surface area (Å²) in [6, 6.07) is 0. The summed E-state index contributed by atoms with van der Waals surface area (Å²) in [6.45, 7) is 3.57. The summed E-state index contributed by atoms with van der Waals surface area (Å²) in [5.74, 6) is -0.785. The van der Waals surface area contributed by atoms with Crippen LogP contribution in [0.15, 0.2) is 12.4 Å². The smallest absolute Gasteiger partial charge is 0.317 e. The first kappa shape index (κ1) is 11.7. The second-order valence-electron chi connectivity index (χ2n) is 3.63. The molecule has 1 N–H and O–H groups in total. The summed E-state index contributed by atoms with van der Waals surface area (Å²) in [4.78, 5) is 12.5. The topological polar surface area (TPSA) is 58.4 Å². The zero-order chi connectivity index (χ0) is 11.3. The van der Waals surface area contributed by atoms with Gasteiger partial charge in [0, 0.05) is 25.4 Å². The van der Waals surface area contributed by atoms with Gasteiger partial charge in [-0.2, -0.15) is 5.10 Å². The Hall–Kier alpha value is -1.36. The Morgan fingerprint density at radius 1 is 1.67 bits per heavy atom. The van der Waals surface area contributed by atoms with Gasteiger partial charge in [0.15, 0.2) is 0 Å². The second kappa shape index (κ2) is 5.50. The lowest BCUT2D eigenvalue weighted by atomic mass is 10.3. The normalized spacial score (nSPS) is 10.9. The highest BCUT2D eigenvalue weighted by Gasteiger charge is 2.09. The van der Waals surface area contributed by atoms with Crippen LogP contribution >= 0.6 is 0 Å². The second-order valence-corrected chi connectivity index (χ2v) is 3.63. The van der Waals surface area contributed by atoms with Crippen LogP contribution in [0, 0.1) is 0 Å². The monoisotopic (exact) mass is 211 g/mol. The Balaban J connectivity index is 2.53. The number of carbonyl (C=O) groups is 1. The molecule has 0 aromatic carbocycles. The summed E-state index contributed by atoms with van der Waals surface area (Å²) in [5, 5.41) is 12.8. The highest BCUT2D eigenvalue weighted by Crippen LogP contribution is 2.03. The minimum Gasteiger partial charge on any atom is -0.480 e. The van der Waals surface area contributed by atoms with Gasteiger partial charge in [-0.1, -0.05) is 6.92 Å². The summed E-state index contributed by atoms with van der Waals surface area (Å²) >= 11 is 0. The zero-order valence-corrected chi connectivity index (χ0v) is 9.18. The summed E-state index contributed by atoms with van der Waals surface area (Å²) in [5.41, 5.74) is 1.05. The van der Waals surface area contributed by atoms with E-state index in [1.54, 1.807) is 10.9 Å². The van der Waals surface area contributed by atoms with Crippen molar-refractivity contribution in [2.45, 2.75) is 19.9 Å². The molecule has 0 unspecified atom stereocenters. The predicted octanol–water partition coefficient (Wildman–Crippen LogP) is 0.717. The molecule has 1 heterocycles. The van der Waals surface area contributed by atoms with Crippen LogP contribution in [0.1, 0.15) is 18.9 Å². The highest BCUT2D eigenvalue weighted by molar-refractivity contribution is 5.69. The molecule has 84 valence electrons. The Bertz CT molecular complexity index is 322. The average Bonchev–Trinajstić information content (AvgIpc) is 2.50. The molecule has 0 bridgehead atoms. The van der Waals surface area contributed by atoms with Gasteiger partial charge in [-0.25, -0.2) is 0 Å². The van der Waals surface area contributed by atoms with Gasteiger partial charge in [0.05, 0.1) is 12.7 Å². The Labute approximate surface area is 89.3 Å². The lowest BCUT2D eigenvalue weighted by Gasteiger charge is -2.18. The van der Waals surface area contributed by atoms with Crippen molar-refractivity contribution in [3.05, 3.63) is 18.0 Å². The maximum atomic E-state index is 10.6. The maximum Gasteiger partial charge on any atom is 0.317 e. The third-order valence-electron chi connectivity index (χ3n) is 2.06. The van der Waals surface area contributed by atoms with Gasteiger partial charge >= 0.3 is 5.97 Å². The Kier molecular flexibility index (Phi) is 4.30. The number of nitrogens with zero attached hydrogens (tertiary/aromatic N) is 3. The SMILES string of the molecule is CCCN(CC(=O)O)Cc1cnn(C)c1. The first-order valence-electron chi connectivity index (χ1n) is 5.03. The standard InChI is InChI=1S/C10H17N3O2/c1-3-4-13(8-10(14)15)7-9-5-11-12(2)6-9/h5-6H,3-4,7-8H2,1-2H3,(H,14,15). The molecule has 5 heteroatoms. The molecule has 0 spiro atoms. The van der Waals surface area contributed by atoms with Crippen LogP contribution in [0.5, 0.6) is 0 Å². The molecule has 0 saturated carbocycles. The maximum absolute atomic E-state index is 10.6. The molecule has 0 amide bonds. The largest absolute Gasteiger partial charge is 0.480 e. The molecule has 0 fully saturated rings. The van der Waals surface area contributed by atoms with E-state index in [1.807, 2.05) is 25.1 Å². The van der Waals surface area contributed by atoms with E-state index in [-0.39, 0.29) is 6.54 Å². The number of hydrogen-bond donors (Lipinski definition) is 1. The van der Waals surface area contributed by atoms with Crippen molar-refractivity contribution >= 4 is 5.97 Å². The summed E-state index contributed by atoms with van der Waals surface area (Å²) in [7, 11) is 1.85. The van der Waals surface area contributed by atoms with Crippen molar-refractivity contribution in [2.75, 3.05) is 13.1 Å². The fourth-order valence-electron chi connectivity index (χ4n) is 1.53. The number of carboxylic acid groups (broad SMARTS) is 1. The molecule has 0 aliphatic rings. The van der Waals surface area contributed by atoms with Gasteiger partial charge in [0.25, 0.3) is 0 Å². The van der Waals surface area contributed by atoms with Crippen molar-refractivity contribution < 1.29 is 9.90 Å². The van der Waals surface area contributed by atoms with Crippen molar-refractivity contribution in [3.8, 4) is 0 Å². The van der Waals surface area contributed by atoms with Gasteiger partial charge in [0.1, 0.15) is 0 Å². The van der Waals surface area contributed by atoms with E-state index in [4.69, 9.17) is 5.11 Å². The van der Waals surface area contributed by atoms with E-state index in [9.17, 15) is 4.79 Å². The van der Waals surface area contributed by atoms with Crippen LogP contribution in [-0.4, -0.2) is 38.8 Å². The number of aromatic nitrogens is 2. The van der Waals surface area contributed by atoms with Crippen molar-refractivity contribution in [1.29, 1.82) is 0 Å². The molecule has 5 nitrogen and oxygen atoms in total. The molecule has 1 aromatic heterocycles. The van der Waals surface area contributed by atoms with E-state index in [2.05, 4.69) is 5.10 Å². The lowest BCUT2D eigenvalue weighted by molar-refractivity contribution is -0.138. The molecule has 0 radical (unpaired) electrons. The third kappa shape index (κ3) is 4.12. The number of carboxylic acids is 1. The van der Waals surface area contributed by atoms with Crippen molar-refractivity contribution in [1.82, 2.24) is 14.7 Å². The average molecular weight is 211 g/mol. The highest BCUT2D eigenvalue weighted by atomic mass is 16.4. The lowest BCUT2D eigenvalue weighted by Crippen LogP contribution is -2.29. The minimum absolute atomic E-state index is 0.0860. The first-order chi connectivity index (χ1) is 7.11. The van der Waals surface area contributed by atoms with Gasteiger partial charge in [0.2, 0.25) is 0 Å². The molecule has 0 atom stereocenters. The van der Waals surface area contributed by atoms with E-state index in [0.717, 1.165) is 18.5 Å². The fraction of sp³-hybridized carbons (Fsp3) is 0.600. The molecule has 0 saturated heterocycles. The minimum atomic E-state index is -0.785. The third-order valence-corrected chi connectivity index (χ3v) is 2.06. The van der Waals surface area contributed by atoms with Crippen LogP contribution in [0.3, 0.4) is 0 Å². The van der Waals surface area contributed by atoms with Crippen LogP contribution in [-0.2, 0) is 18.4 Å². The number of aryl methyl sites for hydroxylation is 1. The van der Waals surface area contributed by atoms with Crippen LogP contribution < -0.4 is 0 Å². The molecular formula is C10H17N3O2. The molecule has 1 aromatic rings. The Morgan fingerprint density at radius 2 is 2.40 bits per heavy atom. The van der Waals surface area contributed by atoms with Gasteiger partial charge in [-0.05, 0) is 13.0 Å². The van der Waals surface area contributed by atoms with Gasteiger partial charge in [-0.3, -0.25) is 14.4 Å². The van der Waals surface area contributed by atoms with Crippen LogP contribution in [0.2, 0.25) is 0 Å². The van der Waals surface area contributed by atoms with Crippen molar-refractivity contribution in [3.63, 3.8) is 0 Å². The number of rotatable bonds is 6. The van der Waals surface area contributed by atoms with Gasteiger partial charge < -0.3 is 5.11 Å². The molecule has 15 heavy (non-hydrogen) atoms. The predicted molar refractivity (Wildman–Crippen MR) is 56.4 cm³/mol. The van der Waals surface area contributed by atoms with E-state index >= 15 is 0 Å². The van der Waals surface area contributed by atoms with Gasteiger partial charge in [-0.15, -0.1) is 0 Å². The fourth-order valence-corrected chi connectivity index (χ4v) is 1.53. The van der Waals surface area contributed by atoms with Crippen molar-refractivity contribution in [2.24, 2.45) is 7.05 Å². The molecule has 0 aliphatic heterocycles. The Morgan fingerprint density at radius 3 is 2.87 bits per heavy atom. The van der Waals surface area contributed by atoms with E-state index in [0.29, 0.717) is 6.54 Å². The number of aliphatic carboxylic acids is 1. The van der Waals surface area contributed by atoms with Crippen LogP contribution in [0.4, 0.5) is 0 Å². The molecular weight excluding hydrogens is 194 g/mol. The molecule has 1 rings (SSSR count). The zero-order valence-electron chi connectivity index (χ0n) is 9.18. The van der Waals surface area contributed by atoms with E-state index in [1.165, 1.54) is 0 Å². The first-order valence-corrected chi connectivity index (χ1v) is 5.03. The number of hydrogen-bond acceptors (Lipinski definition) is 3.